The second-order valence-electron chi connectivity index (χ2n) is 6.90. The standard InChI is InChI=1S/C22H22ClN3OS/c23-20(17-7-3-1-4-8-17)21(27)24-18-11-9-16(10-12-18)19-15-28-22(25-19)26-13-5-2-6-14-26/h1,3-4,7-12,15,20H,2,5-6,13-14H2,(H,24,27)/t20-/m1/s1. The number of aromatic nitrogens is 1. The van der Waals surface area contributed by atoms with Gasteiger partial charge in [-0.25, -0.2) is 4.98 Å². The summed E-state index contributed by atoms with van der Waals surface area (Å²) in [6, 6.07) is 17.1. The molecule has 0 bridgehead atoms. The number of amides is 1. The molecule has 1 aromatic heterocycles. The molecule has 4 rings (SSSR count). The lowest BCUT2D eigenvalue weighted by Crippen LogP contribution is -2.29. The van der Waals surface area contributed by atoms with Gasteiger partial charge in [-0.05, 0) is 37.0 Å². The fourth-order valence-electron chi connectivity index (χ4n) is 3.33. The first kappa shape index (κ1) is 19.0. The molecule has 1 aliphatic rings. The van der Waals surface area contributed by atoms with E-state index in [0.29, 0.717) is 0 Å². The molecule has 3 aromatic rings. The van der Waals surface area contributed by atoms with Gasteiger partial charge in [0.15, 0.2) is 5.13 Å². The number of benzene rings is 2. The average molecular weight is 412 g/mol. The smallest absolute Gasteiger partial charge is 0.246 e. The van der Waals surface area contributed by atoms with Gasteiger partial charge in [0.25, 0.3) is 0 Å². The number of hydrogen-bond donors (Lipinski definition) is 1. The molecule has 0 radical (unpaired) electrons. The summed E-state index contributed by atoms with van der Waals surface area (Å²) in [5.41, 5.74) is 3.53. The zero-order valence-electron chi connectivity index (χ0n) is 15.5. The van der Waals surface area contributed by atoms with E-state index in [1.54, 1.807) is 11.3 Å². The lowest BCUT2D eigenvalue weighted by Gasteiger charge is -2.25. The minimum absolute atomic E-state index is 0.235. The molecule has 6 heteroatoms. The summed E-state index contributed by atoms with van der Waals surface area (Å²) in [5, 5.41) is 5.36. The van der Waals surface area contributed by atoms with Crippen LogP contribution in [-0.2, 0) is 4.79 Å². The number of halogens is 1. The lowest BCUT2D eigenvalue weighted by molar-refractivity contribution is -0.116. The van der Waals surface area contributed by atoms with E-state index in [9.17, 15) is 4.79 Å². The molecule has 1 aliphatic heterocycles. The lowest BCUT2D eigenvalue weighted by atomic mass is 10.1. The Bertz CT molecular complexity index is 920. The third-order valence-corrected chi connectivity index (χ3v) is 6.24. The van der Waals surface area contributed by atoms with Crippen LogP contribution in [-0.4, -0.2) is 24.0 Å². The predicted molar refractivity (Wildman–Crippen MR) is 117 cm³/mol. The van der Waals surface area contributed by atoms with Crippen molar-refractivity contribution in [3.05, 3.63) is 65.5 Å². The van der Waals surface area contributed by atoms with Crippen molar-refractivity contribution in [1.82, 2.24) is 4.98 Å². The molecular formula is C22H22ClN3OS. The van der Waals surface area contributed by atoms with E-state index >= 15 is 0 Å². The number of carbonyl (C=O) groups is 1. The summed E-state index contributed by atoms with van der Waals surface area (Å²) in [4.78, 5) is 19.6. The summed E-state index contributed by atoms with van der Waals surface area (Å²) < 4.78 is 0. The molecule has 144 valence electrons. The summed E-state index contributed by atoms with van der Waals surface area (Å²) in [5.74, 6) is -0.235. The third kappa shape index (κ3) is 4.37. The number of carbonyl (C=O) groups excluding carboxylic acids is 1. The predicted octanol–water partition coefficient (Wildman–Crippen LogP) is 5.72. The fourth-order valence-corrected chi connectivity index (χ4v) is 4.42. The number of anilines is 2. The summed E-state index contributed by atoms with van der Waals surface area (Å²) >= 11 is 7.98. The Morgan fingerprint density at radius 3 is 2.46 bits per heavy atom. The van der Waals surface area contributed by atoms with Crippen molar-refractivity contribution >= 4 is 39.7 Å². The van der Waals surface area contributed by atoms with Crippen LogP contribution in [0.1, 0.15) is 30.2 Å². The van der Waals surface area contributed by atoms with E-state index in [2.05, 4.69) is 15.6 Å². The topological polar surface area (TPSA) is 45.2 Å². The Balaban J connectivity index is 1.41. The van der Waals surface area contributed by atoms with Gasteiger partial charge in [-0.15, -0.1) is 22.9 Å². The van der Waals surface area contributed by atoms with Gasteiger partial charge in [0.2, 0.25) is 5.91 Å². The van der Waals surface area contributed by atoms with Crippen LogP contribution in [0.15, 0.2) is 60.0 Å². The molecule has 1 atom stereocenters. The highest BCUT2D eigenvalue weighted by molar-refractivity contribution is 7.14. The van der Waals surface area contributed by atoms with Gasteiger partial charge in [-0.3, -0.25) is 4.79 Å². The van der Waals surface area contributed by atoms with Gasteiger partial charge in [0.05, 0.1) is 5.69 Å². The molecule has 2 heterocycles. The minimum atomic E-state index is -0.716. The van der Waals surface area contributed by atoms with Crippen LogP contribution < -0.4 is 10.2 Å². The monoisotopic (exact) mass is 411 g/mol. The maximum absolute atomic E-state index is 12.4. The van der Waals surface area contributed by atoms with Crippen molar-refractivity contribution in [2.24, 2.45) is 0 Å². The molecule has 4 nitrogen and oxygen atoms in total. The highest BCUT2D eigenvalue weighted by Gasteiger charge is 2.18. The molecule has 0 spiro atoms. The molecule has 1 N–H and O–H groups in total. The van der Waals surface area contributed by atoms with Gasteiger partial charge < -0.3 is 10.2 Å². The van der Waals surface area contributed by atoms with Crippen LogP contribution in [0.3, 0.4) is 0 Å². The highest BCUT2D eigenvalue weighted by atomic mass is 35.5. The van der Waals surface area contributed by atoms with Gasteiger partial charge in [0, 0.05) is 29.7 Å². The number of thiazole rings is 1. The molecule has 0 saturated carbocycles. The van der Waals surface area contributed by atoms with E-state index in [-0.39, 0.29) is 5.91 Å². The van der Waals surface area contributed by atoms with Crippen LogP contribution in [0.2, 0.25) is 0 Å². The van der Waals surface area contributed by atoms with Gasteiger partial charge in [0.1, 0.15) is 5.38 Å². The molecule has 28 heavy (non-hydrogen) atoms. The quantitative estimate of drug-likeness (QED) is 0.546. The maximum atomic E-state index is 12.4. The zero-order chi connectivity index (χ0) is 19.3. The first-order valence-corrected chi connectivity index (χ1v) is 10.8. The van der Waals surface area contributed by atoms with Crippen LogP contribution in [0.5, 0.6) is 0 Å². The largest absolute Gasteiger partial charge is 0.348 e. The Morgan fingerprint density at radius 1 is 1.04 bits per heavy atom. The minimum Gasteiger partial charge on any atom is -0.348 e. The second-order valence-corrected chi connectivity index (χ2v) is 8.18. The van der Waals surface area contributed by atoms with Crippen LogP contribution in [0.4, 0.5) is 10.8 Å². The Morgan fingerprint density at radius 2 is 1.75 bits per heavy atom. The number of rotatable bonds is 5. The molecule has 0 unspecified atom stereocenters. The number of nitrogens with one attached hydrogen (secondary N) is 1. The number of hydrogen-bond acceptors (Lipinski definition) is 4. The van der Waals surface area contributed by atoms with Crippen molar-refractivity contribution < 1.29 is 4.79 Å². The highest BCUT2D eigenvalue weighted by Crippen LogP contribution is 2.30. The van der Waals surface area contributed by atoms with Crippen molar-refractivity contribution in [3.8, 4) is 11.3 Å². The molecule has 0 aliphatic carbocycles. The summed E-state index contributed by atoms with van der Waals surface area (Å²) in [7, 11) is 0. The fraction of sp³-hybridized carbons (Fsp3) is 0.273. The zero-order valence-corrected chi connectivity index (χ0v) is 17.0. The van der Waals surface area contributed by atoms with Crippen LogP contribution in [0.25, 0.3) is 11.3 Å². The first-order valence-electron chi connectivity index (χ1n) is 9.51. The number of nitrogens with zero attached hydrogens (tertiary/aromatic N) is 2. The van der Waals surface area contributed by atoms with Crippen LogP contribution >= 0.6 is 22.9 Å². The number of piperidine rings is 1. The van der Waals surface area contributed by atoms with Gasteiger partial charge in [-0.1, -0.05) is 42.5 Å². The second kappa shape index (κ2) is 8.76. The van der Waals surface area contributed by atoms with Crippen molar-refractivity contribution in [2.45, 2.75) is 24.6 Å². The molecule has 1 amide bonds. The number of alkyl halides is 1. The molecule has 1 saturated heterocycles. The van der Waals surface area contributed by atoms with Crippen molar-refractivity contribution in [3.63, 3.8) is 0 Å². The Hall–Kier alpha value is -2.37. The van der Waals surface area contributed by atoms with Gasteiger partial charge in [-0.2, -0.15) is 0 Å². The van der Waals surface area contributed by atoms with E-state index in [4.69, 9.17) is 16.6 Å². The van der Waals surface area contributed by atoms with E-state index in [0.717, 1.165) is 40.7 Å². The Kier molecular flexibility index (Phi) is 5.93. The van der Waals surface area contributed by atoms with Crippen LogP contribution in [0, 0.1) is 0 Å². The summed E-state index contributed by atoms with van der Waals surface area (Å²) in [6.07, 6.45) is 3.80. The maximum Gasteiger partial charge on any atom is 0.246 e. The molecule has 2 aromatic carbocycles. The van der Waals surface area contributed by atoms with E-state index < -0.39 is 5.38 Å². The van der Waals surface area contributed by atoms with E-state index in [1.165, 1.54) is 19.3 Å². The first-order chi connectivity index (χ1) is 13.7. The third-order valence-electron chi connectivity index (χ3n) is 4.89. The Labute approximate surface area is 174 Å². The normalized spacial score (nSPS) is 15.2. The van der Waals surface area contributed by atoms with Crippen molar-refractivity contribution in [2.75, 3.05) is 23.3 Å². The van der Waals surface area contributed by atoms with E-state index in [1.807, 2.05) is 54.6 Å². The summed E-state index contributed by atoms with van der Waals surface area (Å²) in [6.45, 7) is 2.19. The average Bonchev–Trinajstić information content (AvgIpc) is 3.25. The van der Waals surface area contributed by atoms with Gasteiger partial charge >= 0.3 is 0 Å². The SMILES string of the molecule is O=C(Nc1ccc(-c2csc(N3CCCCC3)n2)cc1)[C@H](Cl)c1ccccc1. The van der Waals surface area contributed by atoms with Crippen molar-refractivity contribution in [1.29, 1.82) is 0 Å². The molecular weight excluding hydrogens is 390 g/mol. The molecule has 1 fully saturated rings.